The lowest BCUT2D eigenvalue weighted by Crippen LogP contribution is -2.31. The molecule has 0 fully saturated rings. The number of benzene rings is 2. The number of hydrogen-bond acceptors (Lipinski definition) is 5. The Labute approximate surface area is 115 Å². The zero-order chi connectivity index (χ0) is 14.1. The van der Waals surface area contributed by atoms with Crippen molar-refractivity contribution in [3.63, 3.8) is 0 Å². The first-order valence-corrected chi connectivity index (χ1v) is 6.10. The molecule has 2 aromatic carbocycles. The molecular formula is C15H12O5. The van der Waals surface area contributed by atoms with Gasteiger partial charge in [0.25, 0.3) is 0 Å². The van der Waals surface area contributed by atoms with E-state index in [1.54, 1.807) is 12.1 Å². The van der Waals surface area contributed by atoms with Gasteiger partial charge in [0.05, 0.1) is 12.0 Å². The SMILES string of the molecule is O=C1C[C@H](Oc2ccc(O)cc2)Oc2cc(O)ccc21. The summed E-state index contributed by atoms with van der Waals surface area (Å²) in [5.41, 5.74) is 0.438. The van der Waals surface area contributed by atoms with E-state index in [0.29, 0.717) is 17.1 Å². The molecular weight excluding hydrogens is 260 g/mol. The summed E-state index contributed by atoms with van der Waals surface area (Å²) < 4.78 is 11.1. The number of Topliss-reactive ketones (excluding diaryl/α,β-unsaturated/α-hetero) is 1. The van der Waals surface area contributed by atoms with Crippen LogP contribution in [-0.4, -0.2) is 22.3 Å². The maximum atomic E-state index is 12.0. The summed E-state index contributed by atoms with van der Waals surface area (Å²) in [6.07, 6.45) is -0.653. The van der Waals surface area contributed by atoms with E-state index in [1.807, 2.05) is 0 Å². The molecule has 102 valence electrons. The van der Waals surface area contributed by atoms with Gasteiger partial charge in [0.1, 0.15) is 23.0 Å². The van der Waals surface area contributed by atoms with Crippen LogP contribution >= 0.6 is 0 Å². The second-order valence-electron chi connectivity index (χ2n) is 4.47. The van der Waals surface area contributed by atoms with Crippen LogP contribution in [0, 0.1) is 0 Å². The zero-order valence-corrected chi connectivity index (χ0v) is 10.4. The Morgan fingerprint density at radius 1 is 1.05 bits per heavy atom. The Bertz CT molecular complexity index is 648. The summed E-state index contributed by atoms with van der Waals surface area (Å²) in [4.78, 5) is 12.0. The lowest BCUT2D eigenvalue weighted by atomic mass is 10.0. The van der Waals surface area contributed by atoms with Gasteiger partial charge in [-0.1, -0.05) is 0 Å². The average molecular weight is 272 g/mol. The molecule has 3 rings (SSSR count). The number of ketones is 1. The van der Waals surface area contributed by atoms with Crippen molar-refractivity contribution < 1.29 is 24.5 Å². The lowest BCUT2D eigenvalue weighted by Gasteiger charge is -2.25. The minimum atomic E-state index is -0.749. The number of carbonyl (C=O) groups excluding carboxylic acids is 1. The topological polar surface area (TPSA) is 76.0 Å². The van der Waals surface area contributed by atoms with E-state index in [1.165, 1.54) is 30.3 Å². The van der Waals surface area contributed by atoms with Crippen molar-refractivity contribution in [1.82, 2.24) is 0 Å². The summed E-state index contributed by atoms with van der Waals surface area (Å²) in [5.74, 6) is 0.861. The van der Waals surface area contributed by atoms with E-state index in [4.69, 9.17) is 9.47 Å². The van der Waals surface area contributed by atoms with Gasteiger partial charge < -0.3 is 19.7 Å². The molecule has 1 heterocycles. The molecule has 20 heavy (non-hydrogen) atoms. The molecule has 5 nitrogen and oxygen atoms in total. The van der Waals surface area contributed by atoms with Crippen molar-refractivity contribution in [1.29, 1.82) is 0 Å². The summed E-state index contributed by atoms with van der Waals surface area (Å²) in [7, 11) is 0. The second-order valence-corrected chi connectivity index (χ2v) is 4.47. The van der Waals surface area contributed by atoms with Gasteiger partial charge >= 0.3 is 0 Å². The van der Waals surface area contributed by atoms with Gasteiger partial charge in [-0.25, -0.2) is 0 Å². The molecule has 0 saturated carbocycles. The van der Waals surface area contributed by atoms with Crippen LogP contribution in [0.3, 0.4) is 0 Å². The van der Waals surface area contributed by atoms with Gasteiger partial charge in [-0.3, -0.25) is 4.79 Å². The first kappa shape index (κ1) is 12.3. The molecule has 0 bridgehead atoms. The number of carbonyl (C=O) groups is 1. The number of hydrogen-bond donors (Lipinski definition) is 2. The van der Waals surface area contributed by atoms with E-state index in [2.05, 4.69) is 0 Å². The number of aromatic hydroxyl groups is 2. The van der Waals surface area contributed by atoms with Gasteiger partial charge in [0.15, 0.2) is 5.78 Å². The number of phenols is 2. The Morgan fingerprint density at radius 3 is 2.50 bits per heavy atom. The molecule has 0 radical (unpaired) electrons. The van der Waals surface area contributed by atoms with E-state index in [9.17, 15) is 15.0 Å². The largest absolute Gasteiger partial charge is 0.508 e. The molecule has 5 heteroatoms. The van der Waals surface area contributed by atoms with Crippen molar-refractivity contribution >= 4 is 5.78 Å². The molecule has 2 N–H and O–H groups in total. The number of ether oxygens (including phenoxy) is 2. The van der Waals surface area contributed by atoms with Crippen molar-refractivity contribution in [3.8, 4) is 23.0 Å². The maximum Gasteiger partial charge on any atom is 0.248 e. The smallest absolute Gasteiger partial charge is 0.248 e. The van der Waals surface area contributed by atoms with Crippen LogP contribution in [0.1, 0.15) is 16.8 Å². The Balaban J connectivity index is 1.80. The highest BCUT2D eigenvalue weighted by Crippen LogP contribution is 2.31. The summed E-state index contributed by atoms with van der Waals surface area (Å²) in [6.45, 7) is 0. The van der Waals surface area contributed by atoms with Crippen LogP contribution in [0.4, 0.5) is 0 Å². The Hall–Kier alpha value is -2.69. The average Bonchev–Trinajstić information content (AvgIpc) is 2.41. The minimum absolute atomic E-state index is 0.0295. The monoisotopic (exact) mass is 272 g/mol. The van der Waals surface area contributed by atoms with Crippen molar-refractivity contribution in [2.75, 3.05) is 0 Å². The van der Waals surface area contributed by atoms with Crippen LogP contribution in [0.25, 0.3) is 0 Å². The van der Waals surface area contributed by atoms with Crippen LogP contribution < -0.4 is 9.47 Å². The molecule has 2 aromatic rings. The van der Waals surface area contributed by atoms with Gasteiger partial charge in [0.2, 0.25) is 6.29 Å². The predicted octanol–water partition coefficient (Wildman–Crippen LogP) is 2.47. The zero-order valence-electron chi connectivity index (χ0n) is 10.4. The quantitative estimate of drug-likeness (QED) is 0.878. The second kappa shape index (κ2) is 4.77. The van der Waals surface area contributed by atoms with Crippen LogP contribution in [0.2, 0.25) is 0 Å². The van der Waals surface area contributed by atoms with Crippen molar-refractivity contribution in [2.45, 2.75) is 12.7 Å². The molecule has 1 atom stereocenters. The summed E-state index contributed by atoms with van der Waals surface area (Å²) in [5, 5.41) is 18.6. The van der Waals surface area contributed by atoms with Crippen LogP contribution in [-0.2, 0) is 0 Å². The van der Waals surface area contributed by atoms with E-state index in [0.717, 1.165) is 0 Å². The highest BCUT2D eigenvalue weighted by Gasteiger charge is 2.28. The molecule has 1 aliphatic rings. The molecule has 0 unspecified atom stereocenters. The number of phenolic OH excluding ortho intramolecular Hbond substituents is 2. The third-order valence-corrected chi connectivity index (χ3v) is 2.98. The lowest BCUT2D eigenvalue weighted by molar-refractivity contribution is -0.00478. The van der Waals surface area contributed by atoms with Crippen LogP contribution in [0.15, 0.2) is 42.5 Å². The highest BCUT2D eigenvalue weighted by molar-refractivity contribution is 6.00. The molecule has 1 aliphatic heterocycles. The first-order valence-electron chi connectivity index (χ1n) is 6.10. The summed E-state index contributed by atoms with van der Waals surface area (Å²) in [6, 6.07) is 10.5. The van der Waals surface area contributed by atoms with E-state index in [-0.39, 0.29) is 23.7 Å². The Kier molecular flexibility index (Phi) is 2.95. The standard InChI is InChI=1S/C15H12O5/c16-9-1-4-11(5-2-9)19-15-8-13(18)12-6-3-10(17)7-14(12)20-15/h1-7,15-17H,8H2/t15-/m1/s1. The van der Waals surface area contributed by atoms with E-state index >= 15 is 0 Å². The Morgan fingerprint density at radius 2 is 1.75 bits per heavy atom. The van der Waals surface area contributed by atoms with Gasteiger partial charge in [-0.15, -0.1) is 0 Å². The number of rotatable bonds is 2. The van der Waals surface area contributed by atoms with Gasteiger partial charge in [-0.2, -0.15) is 0 Å². The fourth-order valence-corrected chi connectivity index (χ4v) is 2.03. The van der Waals surface area contributed by atoms with Crippen molar-refractivity contribution in [2.24, 2.45) is 0 Å². The molecule has 0 aromatic heterocycles. The molecule has 0 saturated heterocycles. The molecule has 0 spiro atoms. The van der Waals surface area contributed by atoms with Gasteiger partial charge in [0, 0.05) is 6.07 Å². The first-order chi connectivity index (χ1) is 9.61. The predicted molar refractivity (Wildman–Crippen MR) is 70.2 cm³/mol. The minimum Gasteiger partial charge on any atom is -0.508 e. The normalized spacial score (nSPS) is 17.2. The van der Waals surface area contributed by atoms with E-state index < -0.39 is 6.29 Å². The maximum absolute atomic E-state index is 12.0. The van der Waals surface area contributed by atoms with Crippen molar-refractivity contribution in [3.05, 3.63) is 48.0 Å². The van der Waals surface area contributed by atoms with Crippen LogP contribution in [0.5, 0.6) is 23.0 Å². The third-order valence-electron chi connectivity index (χ3n) is 2.98. The van der Waals surface area contributed by atoms with Gasteiger partial charge in [-0.05, 0) is 36.4 Å². The molecule has 0 amide bonds. The fourth-order valence-electron chi connectivity index (χ4n) is 2.03. The third kappa shape index (κ3) is 2.38. The summed E-state index contributed by atoms with van der Waals surface area (Å²) >= 11 is 0. The molecule has 0 aliphatic carbocycles. The highest BCUT2D eigenvalue weighted by atomic mass is 16.7. The number of fused-ring (bicyclic) bond motifs is 1. The fraction of sp³-hybridized carbons (Fsp3) is 0.133.